The van der Waals surface area contributed by atoms with Crippen molar-refractivity contribution in [3.63, 3.8) is 0 Å². The average molecular weight is 239 g/mol. The number of imidazole rings is 1. The number of aromatic nitrogens is 2. The fourth-order valence-electron chi connectivity index (χ4n) is 1.99. The van der Waals surface area contributed by atoms with Crippen molar-refractivity contribution in [1.82, 2.24) is 14.9 Å². The van der Waals surface area contributed by atoms with Gasteiger partial charge in [0.25, 0.3) is 0 Å². The summed E-state index contributed by atoms with van der Waals surface area (Å²) in [6.07, 6.45) is 5.82. The molecule has 98 valence electrons. The van der Waals surface area contributed by atoms with Gasteiger partial charge in [0.05, 0.1) is 5.60 Å². The van der Waals surface area contributed by atoms with E-state index in [1.165, 1.54) is 0 Å². The van der Waals surface area contributed by atoms with Gasteiger partial charge in [-0.05, 0) is 26.8 Å². The molecule has 0 radical (unpaired) electrons. The van der Waals surface area contributed by atoms with Crippen molar-refractivity contribution in [2.24, 2.45) is 7.05 Å². The molecule has 1 N–H and O–H groups in total. The second-order valence-electron chi connectivity index (χ2n) is 4.91. The zero-order valence-electron chi connectivity index (χ0n) is 11.7. The Morgan fingerprint density at radius 3 is 2.71 bits per heavy atom. The number of aryl methyl sites for hydroxylation is 2. The first-order chi connectivity index (χ1) is 8.01. The van der Waals surface area contributed by atoms with Crippen LogP contribution in [0.4, 0.5) is 0 Å². The first-order valence-electron chi connectivity index (χ1n) is 6.26. The SMILES string of the molecule is CCNC(CCc1nccn1C)C(C)(C)OC. The molecule has 1 heterocycles. The summed E-state index contributed by atoms with van der Waals surface area (Å²) in [5.74, 6) is 1.12. The standard InChI is InChI=1S/C13H25N3O/c1-6-14-11(13(2,3)17-5)7-8-12-15-9-10-16(12)4/h9-11,14H,6-8H2,1-5H3. The summed E-state index contributed by atoms with van der Waals surface area (Å²) in [5.41, 5.74) is -0.152. The zero-order valence-corrected chi connectivity index (χ0v) is 11.7. The molecule has 0 bridgehead atoms. The lowest BCUT2D eigenvalue weighted by Gasteiger charge is -2.33. The topological polar surface area (TPSA) is 39.1 Å². The van der Waals surface area contributed by atoms with Crippen molar-refractivity contribution in [2.45, 2.75) is 45.3 Å². The Kier molecular flexibility index (Phi) is 5.15. The summed E-state index contributed by atoms with van der Waals surface area (Å²) in [4.78, 5) is 4.35. The van der Waals surface area contributed by atoms with Gasteiger partial charge in [-0.1, -0.05) is 6.92 Å². The lowest BCUT2D eigenvalue weighted by molar-refractivity contribution is -0.0121. The van der Waals surface area contributed by atoms with E-state index in [1.54, 1.807) is 7.11 Å². The molecule has 4 heteroatoms. The van der Waals surface area contributed by atoms with Gasteiger partial charge in [-0.15, -0.1) is 0 Å². The van der Waals surface area contributed by atoms with Crippen molar-refractivity contribution in [2.75, 3.05) is 13.7 Å². The van der Waals surface area contributed by atoms with Gasteiger partial charge >= 0.3 is 0 Å². The van der Waals surface area contributed by atoms with Crippen molar-refractivity contribution >= 4 is 0 Å². The van der Waals surface area contributed by atoms with Crippen LogP contribution in [0.25, 0.3) is 0 Å². The quantitative estimate of drug-likeness (QED) is 0.788. The highest BCUT2D eigenvalue weighted by Crippen LogP contribution is 2.18. The third kappa shape index (κ3) is 3.82. The molecule has 0 fully saturated rings. The van der Waals surface area contributed by atoms with Crippen molar-refractivity contribution in [1.29, 1.82) is 0 Å². The van der Waals surface area contributed by atoms with Crippen molar-refractivity contribution in [3.05, 3.63) is 18.2 Å². The summed E-state index contributed by atoms with van der Waals surface area (Å²) in [6.45, 7) is 7.33. The number of nitrogens with zero attached hydrogens (tertiary/aromatic N) is 2. The fraction of sp³-hybridized carbons (Fsp3) is 0.769. The Morgan fingerprint density at radius 2 is 2.24 bits per heavy atom. The molecule has 17 heavy (non-hydrogen) atoms. The smallest absolute Gasteiger partial charge is 0.108 e. The van der Waals surface area contributed by atoms with Crippen LogP contribution in [-0.4, -0.2) is 34.8 Å². The van der Waals surface area contributed by atoms with Crippen LogP contribution in [0.5, 0.6) is 0 Å². The van der Waals surface area contributed by atoms with Crippen LogP contribution >= 0.6 is 0 Å². The number of rotatable bonds is 7. The minimum Gasteiger partial charge on any atom is -0.377 e. The second kappa shape index (κ2) is 6.17. The Labute approximate surface area is 104 Å². The predicted molar refractivity (Wildman–Crippen MR) is 70.1 cm³/mol. The van der Waals surface area contributed by atoms with E-state index >= 15 is 0 Å². The summed E-state index contributed by atoms with van der Waals surface area (Å²) < 4.78 is 7.64. The fourth-order valence-corrected chi connectivity index (χ4v) is 1.99. The highest BCUT2D eigenvalue weighted by Gasteiger charge is 2.28. The molecule has 4 nitrogen and oxygen atoms in total. The van der Waals surface area contributed by atoms with Gasteiger partial charge in [0.15, 0.2) is 0 Å². The third-order valence-electron chi connectivity index (χ3n) is 3.39. The molecular formula is C13H25N3O. The molecule has 0 aliphatic carbocycles. The molecule has 0 spiro atoms. The van der Waals surface area contributed by atoms with Crippen LogP contribution in [0.2, 0.25) is 0 Å². The maximum absolute atomic E-state index is 5.56. The Morgan fingerprint density at radius 1 is 1.53 bits per heavy atom. The number of hydrogen-bond acceptors (Lipinski definition) is 3. The van der Waals surface area contributed by atoms with E-state index in [9.17, 15) is 0 Å². The molecule has 0 saturated carbocycles. The predicted octanol–water partition coefficient (Wildman–Crippen LogP) is 1.76. The molecule has 0 aromatic carbocycles. The molecule has 0 aliphatic rings. The normalized spacial score (nSPS) is 13.9. The van der Waals surface area contributed by atoms with Crippen LogP contribution in [0, 0.1) is 0 Å². The molecule has 0 saturated heterocycles. The summed E-state index contributed by atoms with van der Waals surface area (Å²) in [5, 5.41) is 3.49. The first-order valence-corrected chi connectivity index (χ1v) is 6.26. The van der Waals surface area contributed by atoms with Gasteiger partial charge in [0.2, 0.25) is 0 Å². The van der Waals surface area contributed by atoms with Gasteiger partial charge in [0, 0.05) is 39.0 Å². The van der Waals surface area contributed by atoms with Crippen LogP contribution in [0.1, 0.15) is 33.0 Å². The molecular weight excluding hydrogens is 214 g/mol. The van der Waals surface area contributed by atoms with E-state index in [4.69, 9.17) is 4.74 Å². The molecule has 1 aromatic heterocycles. The van der Waals surface area contributed by atoms with Crippen LogP contribution in [0.15, 0.2) is 12.4 Å². The van der Waals surface area contributed by atoms with Crippen LogP contribution in [0.3, 0.4) is 0 Å². The lowest BCUT2D eigenvalue weighted by Crippen LogP contribution is -2.48. The Hall–Kier alpha value is -0.870. The van der Waals surface area contributed by atoms with E-state index in [1.807, 2.05) is 19.4 Å². The summed E-state index contributed by atoms with van der Waals surface area (Å²) in [7, 11) is 3.80. The summed E-state index contributed by atoms with van der Waals surface area (Å²) in [6, 6.07) is 0.342. The number of methoxy groups -OCH3 is 1. The monoisotopic (exact) mass is 239 g/mol. The van der Waals surface area contributed by atoms with Gasteiger partial charge in [-0.2, -0.15) is 0 Å². The number of nitrogens with one attached hydrogen (secondary N) is 1. The number of likely N-dealkylation sites (N-methyl/N-ethyl adjacent to an activating group) is 1. The van der Waals surface area contributed by atoms with Crippen molar-refractivity contribution < 1.29 is 4.74 Å². The average Bonchev–Trinajstić information content (AvgIpc) is 2.70. The molecule has 1 rings (SSSR count). The molecule has 0 aliphatic heterocycles. The number of ether oxygens (including phenoxy) is 1. The molecule has 1 atom stereocenters. The maximum Gasteiger partial charge on any atom is 0.108 e. The largest absolute Gasteiger partial charge is 0.377 e. The van der Waals surface area contributed by atoms with E-state index in [-0.39, 0.29) is 5.60 Å². The highest BCUT2D eigenvalue weighted by molar-refractivity contribution is 4.94. The Bertz CT molecular complexity index is 333. The van der Waals surface area contributed by atoms with E-state index in [0.717, 1.165) is 25.2 Å². The minimum atomic E-state index is -0.152. The first kappa shape index (κ1) is 14.2. The van der Waals surface area contributed by atoms with E-state index < -0.39 is 0 Å². The van der Waals surface area contributed by atoms with E-state index in [0.29, 0.717) is 6.04 Å². The van der Waals surface area contributed by atoms with Crippen LogP contribution < -0.4 is 5.32 Å². The van der Waals surface area contributed by atoms with Gasteiger partial charge < -0.3 is 14.6 Å². The highest BCUT2D eigenvalue weighted by atomic mass is 16.5. The Balaban J connectivity index is 2.59. The molecule has 0 amide bonds. The minimum absolute atomic E-state index is 0.152. The maximum atomic E-state index is 5.56. The molecule has 1 aromatic rings. The van der Waals surface area contributed by atoms with Gasteiger partial charge in [-0.3, -0.25) is 0 Å². The number of hydrogen-bond donors (Lipinski definition) is 1. The molecule has 1 unspecified atom stereocenters. The van der Waals surface area contributed by atoms with E-state index in [2.05, 4.69) is 35.6 Å². The van der Waals surface area contributed by atoms with Gasteiger partial charge in [0.1, 0.15) is 5.82 Å². The van der Waals surface area contributed by atoms with Gasteiger partial charge in [-0.25, -0.2) is 4.98 Å². The zero-order chi connectivity index (χ0) is 12.9. The third-order valence-corrected chi connectivity index (χ3v) is 3.39. The summed E-state index contributed by atoms with van der Waals surface area (Å²) >= 11 is 0. The van der Waals surface area contributed by atoms with Crippen molar-refractivity contribution in [3.8, 4) is 0 Å². The lowest BCUT2D eigenvalue weighted by atomic mass is 9.94. The second-order valence-corrected chi connectivity index (χ2v) is 4.91. The van der Waals surface area contributed by atoms with Crippen LogP contribution in [-0.2, 0) is 18.2 Å².